The van der Waals surface area contributed by atoms with Crippen LogP contribution in [0.1, 0.15) is 43.9 Å². The summed E-state index contributed by atoms with van der Waals surface area (Å²) in [6, 6.07) is 0. The van der Waals surface area contributed by atoms with Gasteiger partial charge in [0.2, 0.25) is 11.8 Å². The van der Waals surface area contributed by atoms with Crippen LogP contribution < -0.4 is 5.56 Å². The molecule has 0 aromatic carbocycles. The first kappa shape index (κ1) is 15.8. The summed E-state index contributed by atoms with van der Waals surface area (Å²) in [5.74, 6) is 0.227. The molecule has 7 heteroatoms. The molecule has 0 radical (unpaired) electrons. The van der Waals surface area contributed by atoms with Crippen LogP contribution in [-0.2, 0) is 29.3 Å². The molecule has 1 aromatic heterocycles. The van der Waals surface area contributed by atoms with Gasteiger partial charge in [0.15, 0.2) is 0 Å². The highest BCUT2D eigenvalue weighted by Gasteiger charge is 2.26. The number of carbonyl (C=O) groups is 2. The number of hydrogen-bond acceptors (Lipinski definition) is 3. The summed E-state index contributed by atoms with van der Waals surface area (Å²) in [7, 11) is 0. The Labute approximate surface area is 135 Å². The average Bonchev–Trinajstić information content (AvgIpc) is 3.16. The van der Waals surface area contributed by atoms with E-state index in [1.807, 2.05) is 18.5 Å². The minimum Gasteiger partial charge on any atom is -0.323 e. The first-order valence-electron chi connectivity index (χ1n) is 8.37. The fraction of sp³-hybridized carbons (Fsp3) is 0.688. The van der Waals surface area contributed by atoms with E-state index in [-0.39, 0.29) is 24.0 Å². The Morgan fingerprint density at radius 1 is 0.870 bits per heavy atom. The third-order valence-corrected chi connectivity index (χ3v) is 4.91. The highest BCUT2D eigenvalue weighted by molar-refractivity contribution is 5.78. The molecule has 0 atom stereocenters. The number of hydrogen-bond donors (Lipinski definition) is 0. The van der Waals surface area contributed by atoms with Crippen molar-refractivity contribution in [2.45, 2.75) is 59.3 Å². The second kappa shape index (κ2) is 6.22. The molecule has 2 aliphatic heterocycles. The SMILES string of the molecule is CCc1c(C)n(CN2CCCC2=O)n(CN2CCCC2=O)c1=O. The van der Waals surface area contributed by atoms with Gasteiger partial charge in [-0.25, -0.2) is 4.68 Å². The van der Waals surface area contributed by atoms with Crippen molar-refractivity contribution in [1.29, 1.82) is 0 Å². The van der Waals surface area contributed by atoms with Crippen LogP contribution in [0, 0.1) is 6.92 Å². The maximum absolute atomic E-state index is 12.7. The van der Waals surface area contributed by atoms with E-state index >= 15 is 0 Å². The molecular weight excluding hydrogens is 296 g/mol. The minimum absolute atomic E-state index is 0.0451. The molecule has 2 fully saturated rings. The fourth-order valence-corrected chi connectivity index (χ4v) is 3.52. The zero-order chi connectivity index (χ0) is 16.6. The first-order chi connectivity index (χ1) is 11.0. The summed E-state index contributed by atoms with van der Waals surface area (Å²) in [6.45, 7) is 5.97. The molecule has 2 aliphatic rings. The molecule has 126 valence electrons. The molecule has 23 heavy (non-hydrogen) atoms. The van der Waals surface area contributed by atoms with Gasteiger partial charge in [-0.15, -0.1) is 0 Å². The van der Waals surface area contributed by atoms with Gasteiger partial charge in [0.1, 0.15) is 13.3 Å². The van der Waals surface area contributed by atoms with Crippen LogP contribution in [0.3, 0.4) is 0 Å². The van der Waals surface area contributed by atoms with Crippen LogP contribution >= 0.6 is 0 Å². The molecule has 0 saturated carbocycles. The van der Waals surface area contributed by atoms with Crippen molar-refractivity contribution in [3.63, 3.8) is 0 Å². The predicted octanol–water partition coefficient (Wildman–Crippen LogP) is 0.680. The van der Waals surface area contributed by atoms with Gasteiger partial charge >= 0.3 is 0 Å². The van der Waals surface area contributed by atoms with Gasteiger partial charge in [0.25, 0.3) is 5.56 Å². The number of carbonyl (C=O) groups excluding carboxylic acids is 2. The molecule has 0 bridgehead atoms. The van der Waals surface area contributed by atoms with Crippen molar-refractivity contribution in [2.75, 3.05) is 13.1 Å². The quantitative estimate of drug-likeness (QED) is 0.801. The Bertz CT molecular complexity index is 688. The van der Waals surface area contributed by atoms with E-state index in [1.54, 1.807) is 14.5 Å². The number of nitrogens with zero attached hydrogens (tertiary/aromatic N) is 4. The van der Waals surface area contributed by atoms with Crippen molar-refractivity contribution >= 4 is 11.8 Å². The van der Waals surface area contributed by atoms with Gasteiger partial charge in [-0.2, -0.15) is 0 Å². The molecule has 2 saturated heterocycles. The van der Waals surface area contributed by atoms with Gasteiger partial charge in [-0.3, -0.25) is 19.1 Å². The largest absolute Gasteiger partial charge is 0.323 e. The molecule has 3 heterocycles. The highest BCUT2D eigenvalue weighted by atomic mass is 16.2. The minimum atomic E-state index is -0.0451. The van der Waals surface area contributed by atoms with E-state index in [4.69, 9.17) is 0 Å². The average molecular weight is 320 g/mol. The number of amides is 2. The van der Waals surface area contributed by atoms with Crippen molar-refractivity contribution in [2.24, 2.45) is 0 Å². The van der Waals surface area contributed by atoms with Crippen molar-refractivity contribution in [1.82, 2.24) is 19.2 Å². The molecule has 3 rings (SSSR count). The van der Waals surface area contributed by atoms with E-state index in [2.05, 4.69) is 0 Å². The normalized spacial score (nSPS) is 18.5. The summed E-state index contributed by atoms with van der Waals surface area (Å²) in [4.78, 5) is 40.0. The zero-order valence-electron chi connectivity index (χ0n) is 13.9. The van der Waals surface area contributed by atoms with E-state index in [0.717, 1.165) is 30.6 Å². The number of likely N-dealkylation sites (tertiary alicyclic amines) is 2. The van der Waals surface area contributed by atoms with Gasteiger partial charge < -0.3 is 9.80 Å². The summed E-state index contributed by atoms with van der Waals surface area (Å²) in [6.07, 6.45) is 3.50. The van der Waals surface area contributed by atoms with Gasteiger partial charge in [0.05, 0.1) is 0 Å². The molecule has 0 N–H and O–H groups in total. The maximum Gasteiger partial charge on any atom is 0.271 e. The topological polar surface area (TPSA) is 67.6 Å². The predicted molar refractivity (Wildman–Crippen MR) is 84.7 cm³/mol. The van der Waals surface area contributed by atoms with E-state index in [9.17, 15) is 14.4 Å². The lowest BCUT2D eigenvalue weighted by molar-refractivity contribution is -0.131. The highest BCUT2D eigenvalue weighted by Crippen LogP contribution is 2.16. The Kier molecular flexibility index (Phi) is 4.28. The van der Waals surface area contributed by atoms with Crippen LogP contribution in [0.5, 0.6) is 0 Å². The standard InChI is InChI=1S/C16H24N4O3/c1-3-13-12(2)19(10-17-8-4-6-14(17)21)20(16(13)23)11-18-9-5-7-15(18)22/h3-11H2,1-2H3. The molecular formula is C16H24N4O3. The third kappa shape index (κ3) is 2.80. The number of rotatable bonds is 5. The van der Waals surface area contributed by atoms with Gasteiger partial charge in [-0.1, -0.05) is 6.92 Å². The van der Waals surface area contributed by atoms with E-state index < -0.39 is 0 Å². The van der Waals surface area contributed by atoms with Crippen LogP contribution in [0.4, 0.5) is 0 Å². The van der Waals surface area contributed by atoms with E-state index in [1.165, 1.54) is 0 Å². The van der Waals surface area contributed by atoms with E-state index in [0.29, 0.717) is 32.5 Å². The summed E-state index contributed by atoms with van der Waals surface area (Å²) < 4.78 is 3.50. The van der Waals surface area contributed by atoms with Gasteiger partial charge in [0, 0.05) is 37.2 Å². The molecule has 0 spiro atoms. The Hall–Kier alpha value is -2.05. The first-order valence-corrected chi connectivity index (χ1v) is 8.37. The molecule has 0 aliphatic carbocycles. The second-order valence-electron chi connectivity index (χ2n) is 6.33. The Morgan fingerprint density at radius 3 is 1.83 bits per heavy atom. The fourth-order valence-electron chi connectivity index (χ4n) is 3.52. The maximum atomic E-state index is 12.7. The molecule has 1 aromatic rings. The van der Waals surface area contributed by atoms with Crippen molar-refractivity contribution in [3.05, 3.63) is 21.6 Å². The van der Waals surface area contributed by atoms with Crippen LogP contribution in [-0.4, -0.2) is 44.1 Å². The third-order valence-electron chi connectivity index (χ3n) is 4.91. The smallest absolute Gasteiger partial charge is 0.271 e. The van der Waals surface area contributed by atoms with Gasteiger partial charge in [-0.05, 0) is 26.2 Å². The summed E-state index contributed by atoms with van der Waals surface area (Å²) in [5, 5.41) is 0. The zero-order valence-corrected chi connectivity index (χ0v) is 13.9. The van der Waals surface area contributed by atoms with Crippen LogP contribution in [0.2, 0.25) is 0 Å². The van der Waals surface area contributed by atoms with Crippen LogP contribution in [0.15, 0.2) is 4.79 Å². The molecule has 7 nitrogen and oxygen atoms in total. The molecule has 0 unspecified atom stereocenters. The lowest BCUT2D eigenvalue weighted by Gasteiger charge is -2.23. The lowest BCUT2D eigenvalue weighted by Crippen LogP contribution is -2.38. The van der Waals surface area contributed by atoms with Crippen molar-refractivity contribution in [3.8, 4) is 0 Å². The number of aromatic nitrogens is 2. The van der Waals surface area contributed by atoms with Crippen molar-refractivity contribution < 1.29 is 9.59 Å². The molecule has 2 amide bonds. The monoisotopic (exact) mass is 320 g/mol. The lowest BCUT2D eigenvalue weighted by atomic mass is 10.2. The summed E-state index contributed by atoms with van der Waals surface area (Å²) in [5.41, 5.74) is 1.61. The van der Waals surface area contributed by atoms with Crippen LogP contribution in [0.25, 0.3) is 0 Å². The Balaban J connectivity index is 1.94. The second-order valence-corrected chi connectivity index (χ2v) is 6.33. The summed E-state index contributed by atoms with van der Waals surface area (Å²) >= 11 is 0. The Morgan fingerprint density at radius 2 is 1.39 bits per heavy atom.